The van der Waals surface area contributed by atoms with E-state index < -0.39 is 10.0 Å². The lowest BCUT2D eigenvalue weighted by Crippen LogP contribution is -2.40. The maximum Gasteiger partial charge on any atom is 0.243 e. The van der Waals surface area contributed by atoms with Gasteiger partial charge in [0.2, 0.25) is 10.0 Å². The first kappa shape index (κ1) is 14.0. The first-order valence-electron chi connectivity index (χ1n) is 5.97. The highest BCUT2D eigenvalue weighted by atomic mass is 79.9. The Morgan fingerprint density at radius 3 is 2.94 bits per heavy atom. The summed E-state index contributed by atoms with van der Waals surface area (Å²) in [5.74, 6) is 0. The third-order valence-corrected chi connectivity index (χ3v) is 5.61. The Hall–Kier alpha value is -0.430. The molecule has 2 rings (SSSR count). The van der Waals surface area contributed by atoms with Crippen molar-refractivity contribution in [2.75, 3.05) is 20.1 Å². The Balaban J connectivity index is 2.30. The van der Waals surface area contributed by atoms with Gasteiger partial charge in [-0.1, -0.05) is 22.0 Å². The van der Waals surface area contributed by atoms with Crippen molar-refractivity contribution in [2.24, 2.45) is 0 Å². The summed E-state index contributed by atoms with van der Waals surface area (Å²) in [7, 11) is -1.52. The summed E-state index contributed by atoms with van der Waals surface area (Å²) in [6.45, 7) is 1.31. The van der Waals surface area contributed by atoms with E-state index in [0.29, 0.717) is 18.0 Å². The molecule has 0 saturated carbocycles. The van der Waals surface area contributed by atoms with Crippen LogP contribution >= 0.6 is 15.9 Å². The van der Waals surface area contributed by atoms with E-state index in [1.165, 1.54) is 0 Å². The Bertz CT molecular complexity index is 519. The van der Waals surface area contributed by atoms with Crippen molar-refractivity contribution in [3.8, 4) is 0 Å². The number of halogens is 1. The number of sulfonamides is 1. The van der Waals surface area contributed by atoms with Crippen LogP contribution < -0.4 is 5.32 Å². The van der Waals surface area contributed by atoms with Crippen LogP contribution in [0.15, 0.2) is 33.6 Å². The molecule has 0 spiro atoms. The largest absolute Gasteiger partial charge is 0.318 e. The van der Waals surface area contributed by atoms with Crippen LogP contribution in [-0.4, -0.2) is 38.9 Å². The Morgan fingerprint density at radius 2 is 2.28 bits per heavy atom. The Kier molecular flexibility index (Phi) is 4.42. The molecule has 4 nitrogen and oxygen atoms in total. The summed E-state index contributed by atoms with van der Waals surface area (Å²) in [6.07, 6.45) is 1.85. The van der Waals surface area contributed by atoms with Crippen LogP contribution in [0.2, 0.25) is 0 Å². The van der Waals surface area contributed by atoms with Gasteiger partial charge in [-0.25, -0.2) is 8.42 Å². The molecule has 0 amide bonds. The van der Waals surface area contributed by atoms with Crippen molar-refractivity contribution in [3.05, 3.63) is 28.7 Å². The fraction of sp³-hybridized carbons (Fsp3) is 0.500. The van der Waals surface area contributed by atoms with E-state index in [1.54, 1.807) is 22.5 Å². The van der Waals surface area contributed by atoms with Crippen LogP contribution in [0.5, 0.6) is 0 Å². The van der Waals surface area contributed by atoms with Gasteiger partial charge in [0.25, 0.3) is 0 Å². The van der Waals surface area contributed by atoms with Crippen LogP contribution in [0.25, 0.3) is 0 Å². The average molecular weight is 333 g/mol. The molecule has 0 radical (unpaired) electrons. The van der Waals surface area contributed by atoms with Gasteiger partial charge in [0, 0.05) is 23.6 Å². The maximum absolute atomic E-state index is 12.5. The summed E-state index contributed by atoms with van der Waals surface area (Å²) in [5, 5.41) is 3.06. The van der Waals surface area contributed by atoms with Crippen molar-refractivity contribution >= 4 is 26.0 Å². The molecule has 100 valence electrons. The van der Waals surface area contributed by atoms with E-state index >= 15 is 0 Å². The van der Waals surface area contributed by atoms with Crippen LogP contribution in [0, 0.1) is 0 Å². The lowest BCUT2D eigenvalue weighted by molar-refractivity contribution is 0.379. The fourth-order valence-electron chi connectivity index (χ4n) is 2.33. The predicted octanol–water partition coefficient (Wildman–Crippen LogP) is 1.82. The lowest BCUT2D eigenvalue weighted by Gasteiger charge is -2.23. The Morgan fingerprint density at radius 1 is 1.50 bits per heavy atom. The molecular formula is C12H17BrN2O2S. The molecule has 18 heavy (non-hydrogen) atoms. The highest BCUT2D eigenvalue weighted by Crippen LogP contribution is 2.27. The predicted molar refractivity (Wildman–Crippen MR) is 75.0 cm³/mol. The molecule has 1 saturated heterocycles. The zero-order valence-corrected chi connectivity index (χ0v) is 12.7. The minimum atomic E-state index is -3.37. The minimum absolute atomic E-state index is 0.0685. The number of nitrogens with one attached hydrogen (secondary N) is 1. The molecule has 6 heteroatoms. The van der Waals surface area contributed by atoms with E-state index in [9.17, 15) is 8.42 Å². The molecule has 1 aromatic carbocycles. The third kappa shape index (κ3) is 2.77. The molecule has 1 atom stereocenters. The molecule has 1 heterocycles. The van der Waals surface area contributed by atoms with E-state index in [1.807, 2.05) is 13.1 Å². The number of rotatable bonds is 4. The molecule has 1 aliphatic rings. The van der Waals surface area contributed by atoms with Gasteiger partial charge < -0.3 is 5.32 Å². The second-order valence-electron chi connectivity index (χ2n) is 4.43. The lowest BCUT2D eigenvalue weighted by atomic mass is 10.2. The highest BCUT2D eigenvalue weighted by molar-refractivity contribution is 9.10. The first-order valence-corrected chi connectivity index (χ1v) is 8.21. The number of hydrogen-bond acceptors (Lipinski definition) is 3. The van der Waals surface area contributed by atoms with Gasteiger partial charge in [0.05, 0.1) is 4.90 Å². The topological polar surface area (TPSA) is 49.4 Å². The molecule has 1 aliphatic heterocycles. The third-order valence-electron chi connectivity index (χ3n) is 3.17. The standard InChI is InChI=1S/C12H17BrN2O2S/c1-14-9-11-5-3-7-15(11)18(16,17)12-6-2-4-10(13)8-12/h2,4,6,8,11,14H,3,5,7,9H2,1H3. The van der Waals surface area contributed by atoms with Gasteiger partial charge >= 0.3 is 0 Å². The SMILES string of the molecule is CNCC1CCCN1S(=O)(=O)c1cccc(Br)c1. The van der Waals surface area contributed by atoms with Crippen molar-refractivity contribution in [1.82, 2.24) is 9.62 Å². The van der Waals surface area contributed by atoms with Crippen LogP contribution in [0.4, 0.5) is 0 Å². The number of benzene rings is 1. The second-order valence-corrected chi connectivity index (χ2v) is 7.23. The first-order chi connectivity index (χ1) is 8.55. The molecule has 1 N–H and O–H groups in total. The Labute approximate surface area is 117 Å². The maximum atomic E-state index is 12.5. The summed E-state index contributed by atoms with van der Waals surface area (Å²) < 4.78 is 27.5. The number of likely N-dealkylation sites (N-methyl/N-ethyl adjacent to an activating group) is 1. The number of nitrogens with zero attached hydrogens (tertiary/aromatic N) is 1. The molecule has 0 aromatic heterocycles. The van der Waals surface area contributed by atoms with Crippen LogP contribution in [-0.2, 0) is 10.0 Å². The fourth-order valence-corrected chi connectivity index (χ4v) is 4.62. The van der Waals surface area contributed by atoms with Gasteiger partial charge in [-0.05, 0) is 38.1 Å². The smallest absolute Gasteiger partial charge is 0.243 e. The summed E-state index contributed by atoms with van der Waals surface area (Å²) in [4.78, 5) is 0.361. The number of hydrogen-bond donors (Lipinski definition) is 1. The van der Waals surface area contributed by atoms with Gasteiger partial charge in [-0.3, -0.25) is 0 Å². The molecule has 1 unspecified atom stereocenters. The molecule has 0 bridgehead atoms. The van der Waals surface area contributed by atoms with Crippen molar-refractivity contribution in [1.29, 1.82) is 0 Å². The minimum Gasteiger partial charge on any atom is -0.318 e. The van der Waals surface area contributed by atoms with E-state index in [0.717, 1.165) is 17.3 Å². The van der Waals surface area contributed by atoms with Crippen LogP contribution in [0.3, 0.4) is 0 Å². The zero-order chi connectivity index (χ0) is 13.2. The van der Waals surface area contributed by atoms with Crippen molar-refractivity contribution in [2.45, 2.75) is 23.8 Å². The van der Waals surface area contributed by atoms with Gasteiger partial charge in [-0.15, -0.1) is 0 Å². The van der Waals surface area contributed by atoms with Gasteiger partial charge in [0.1, 0.15) is 0 Å². The summed E-state index contributed by atoms with van der Waals surface area (Å²) in [6, 6.07) is 6.95. The van der Waals surface area contributed by atoms with Crippen LogP contribution in [0.1, 0.15) is 12.8 Å². The van der Waals surface area contributed by atoms with Gasteiger partial charge in [0.15, 0.2) is 0 Å². The molecule has 1 aromatic rings. The van der Waals surface area contributed by atoms with Crippen molar-refractivity contribution < 1.29 is 8.42 Å². The average Bonchev–Trinajstić information content (AvgIpc) is 2.78. The van der Waals surface area contributed by atoms with Crippen molar-refractivity contribution in [3.63, 3.8) is 0 Å². The summed E-state index contributed by atoms with van der Waals surface area (Å²) >= 11 is 3.31. The second kappa shape index (κ2) is 5.69. The molecular weight excluding hydrogens is 316 g/mol. The normalized spacial score (nSPS) is 21.3. The molecule has 0 aliphatic carbocycles. The zero-order valence-electron chi connectivity index (χ0n) is 10.3. The summed E-state index contributed by atoms with van der Waals surface area (Å²) in [5.41, 5.74) is 0. The highest BCUT2D eigenvalue weighted by Gasteiger charge is 2.34. The monoisotopic (exact) mass is 332 g/mol. The van der Waals surface area contributed by atoms with Gasteiger partial charge in [-0.2, -0.15) is 4.31 Å². The molecule has 1 fully saturated rings. The van der Waals surface area contributed by atoms with E-state index in [2.05, 4.69) is 21.2 Å². The van der Waals surface area contributed by atoms with E-state index in [-0.39, 0.29) is 6.04 Å². The van der Waals surface area contributed by atoms with E-state index in [4.69, 9.17) is 0 Å². The quantitative estimate of drug-likeness (QED) is 0.914.